The smallest absolute Gasteiger partial charge is 0.123 e. The molecule has 1 fully saturated rings. The van der Waals surface area contributed by atoms with Gasteiger partial charge in [-0.1, -0.05) is 31.4 Å². The molecule has 0 saturated heterocycles. The summed E-state index contributed by atoms with van der Waals surface area (Å²) in [6, 6.07) is 8.72. The van der Waals surface area contributed by atoms with Crippen molar-refractivity contribution in [3.63, 3.8) is 0 Å². The van der Waals surface area contributed by atoms with E-state index in [-0.39, 0.29) is 5.82 Å². The minimum absolute atomic E-state index is 0.247. The summed E-state index contributed by atoms with van der Waals surface area (Å²) >= 11 is 0. The number of nitrogen functional groups attached to an aromatic ring is 1. The molecule has 1 aliphatic carbocycles. The van der Waals surface area contributed by atoms with E-state index in [1.807, 2.05) is 16.8 Å². The lowest BCUT2D eigenvalue weighted by Gasteiger charge is -2.22. The molecule has 0 unspecified atom stereocenters. The molecular weight excluding hydrogens is 241 g/mol. The van der Waals surface area contributed by atoms with Crippen LogP contribution in [0.5, 0.6) is 0 Å². The Labute approximate surface area is 112 Å². The normalized spacial score (nSPS) is 16.7. The lowest BCUT2D eigenvalue weighted by Crippen LogP contribution is -2.16. The highest BCUT2D eigenvalue weighted by Gasteiger charge is 2.19. The molecule has 1 heterocycles. The fraction of sp³-hybridized carbons (Fsp3) is 0.400. The minimum Gasteiger partial charge on any atom is -0.384 e. The molecule has 4 heteroatoms. The molecule has 1 saturated carbocycles. The van der Waals surface area contributed by atoms with E-state index in [1.54, 1.807) is 6.07 Å². The van der Waals surface area contributed by atoms with E-state index in [9.17, 15) is 4.39 Å². The lowest BCUT2D eigenvalue weighted by atomic mass is 9.96. The molecule has 2 aromatic rings. The first-order valence-electron chi connectivity index (χ1n) is 6.85. The van der Waals surface area contributed by atoms with E-state index in [1.165, 1.54) is 31.4 Å². The van der Waals surface area contributed by atoms with Gasteiger partial charge in [0.2, 0.25) is 0 Å². The van der Waals surface area contributed by atoms with Crippen LogP contribution in [0.2, 0.25) is 0 Å². The first-order valence-corrected chi connectivity index (χ1v) is 6.85. The van der Waals surface area contributed by atoms with Gasteiger partial charge < -0.3 is 5.73 Å². The van der Waals surface area contributed by atoms with Crippen molar-refractivity contribution in [3.05, 3.63) is 36.1 Å². The number of hydrogen-bond acceptors (Lipinski definition) is 2. The first-order chi connectivity index (χ1) is 9.24. The van der Waals surface area contributed by atoms with Crippen LogP contribution in [0.3, 0.4) is 0 Å². The van der Waals surface area contributed by atoms with Crippen LogP contribution >= 0.6 is 0 Å². The Kier molecular flexibility index (Phi) is 3.23. The van der Waals surface area contributed by atoms with Crippen LogP contribution in [0.25, 0.3) is 11.3 Å². The number of benzene rings is 1. The maximum Gasteiger partial charge on any atom is 0.123 e. The van der Waals surface area contributed by atoms with Crippen molar-refractivity contribution in [1.82, 2.24) is 9.78 Å². The van der Waals surface area contributed by atoms with Gasteiger partial charge in [0.25, 0.3) is 0 Å². The number of rotatable bonds is 2. The predicted molar refractivity (Wildman–Crippen MR) is 74.2 cm³/mol. The zero-order valence-corrected chi connectivity index (χ0v) is 10.8. The van der Waals surface area contributed by atoms with E-state index in [0.29, 0.717) is 11.9 Å². The minimum atomic E-state index is -0.247. The number of nitrogens with two attached hydrogens (primary N) is 1. The van der Waals surface area contributed by atoms with Gasteiger partial charge in [-0.2, -0.15) is 5.10 Å². The highest BCUT2D eigenvalue weighted by Crippen LogP contribution is 2.31. The summed E-state index contributed by atoms with van der Waals surface area (Å²) in [6.45, 7) is 0. The van der Waals surface area contributed by atoms with Gasteiger partial charge in [0, 0.05) is 11.6 Å². The molecule has 0 radical (unpaired) electrons. The van der Waals surface area contributed by atoms with Crippen molar-refractivity contribution in [2.45, 2.75) is 38.1 Å². The van der Waals surface area contributed by atoms with Crippen molar-refractivity contribution in [3.8, 4) is 11.3 Å². The molecule has 100 valence electrons. The standard InChI is InChI=1S/C15H18FN3/c16-12-6-4-5-11(9-12)14-10-15(17)19(18-14)13-7-2-1-3-8-13/h4-6,9-10,13H,1-3,7-8,17H2. The summed E-state index contributed by atoms with van der Waals surface area (Å²) in [4.78, 5) is 0. The van der Waals surface area contributed by atoms with Crippen LogP contribution < -0.4 is 5.73 Å². The van der Waals surface area contributed by atoms with Crippen LogP contribution in [0.15, 0.2) is 30.3 Å². The number of nitrogens with zero attached hydrogens (tertiary/aromatic N) is 2. The van der Waals surface area contributed by atoms with Gasteiger partial charge in [-0.05, 0) is 25.0 Å². The van der Waals surface area contributed by atoms with Crippen LogP contribution in [-0.2, 0) is 0 Å². The Balaban J connectivity index is 1.92. The highest BCUT2D eigenvalue weighted by molar-refractivity contribution is 5.62. The van der Waals surface area contributed by atoms with Gasteiger partial charge in [0.15, 0.2) is 0 Å². The second-order valence-electron chi connectivity index (χ2n) is 5.20. The largest absolute Gasteiger partial charge is 0.384 e. The number of hydrogen-bond donors (Lipinski definition) is 1. The SMILES string of the molecule is Nc1cc(-c2cccc(F)c2)nn1C1CCCCC1. The van der Waals surface area contributed by atoms with Gasteiger partial charge in [-0.3, -0.25) is 0 Å². The molecule has 0 atom stereocenters. The molecule has 19 heavy (non-hydrogen) atoms. The fourth-order valence-electron chi connectivity index (χ4n) is 2.82. The topological polar surface area (TPSA) is 43.8 Å². The average molecular weight is 259 g/mol. The van der Waals surface area contributed by atoms with Crippen molar-refractivity contribution >= 4 is 5.82 Å². The zero-order valence-electron chi connectivity index (χ0n) is 10.8. The maximum absolute atomic E-state index is 13.2. The van der Waals surface area contributed by atoms with Gasteiger partial charge in [-0.25, -0.2) is 9.07 Å². The van der Waals surface area contributed by atoms with Crippen molar-refractivity contribution in [1.29, 1.82) is 0 Å². The first kappa shape index (κ1) is 12.2. The quantitative estimate of drug-likeness (QED) is 0.892. The van der Waals surface area contributed by atoms with Gasteiger partial charge >= 0.3 is 0 Å². The molecule has 0 spiro atoms. The van der Waals surface area contributed by atoms with Crippen molar-refractivity contribution < 1.29 is 4.39 Å². The summed E-state index contributed by atoms with van der Waals surface area (Å²) in [6.07, 6.45) is 6.04. The van der Waals surface area contributed by atoms with Crippen LogP contribution in [0.1, 0.15) is 38.1 Å². The summed E-state index contributed by atoms with van der Waals surface area (Å²) < 4.78 is 15.2. The summed E-state index contributed by atoms with van der Waals surface area (Å²) in [7, 11) is 0. The molecule has 0 amide bonds. The fourth-order valence-corrected chi connectivity index (χ4v) is 2.82. The van der Waals surface area contributed by atoms with E-state index in [2.05, 4.69) is 5.10 Å². The third-order valence-electron chi connectivity index (χ3n) is 3.81. The molecule has 2 N–H and O–H groups in total. The molecule has 0 bridgehead atoms. The number of aromatic nitrogens is 2. The van der Waals surface area contributed by atoms with Gasteiger partial charge in [-0.15, -0.1) is 0 Å². The molecule has 1 aromatic carbocycles. The third kappa shape index (κ3) is 2.48. The Morgan fingerprint density at radius 2 is 1.95 bits per heavy atom. The molecule has 3 nitrogen and oxygen atoms in total. The zero-order chi connectivity index (χ0) is 13.2. The van der Waals surface area contributed by atoms with Crippen molar-refractivity contribution in [2.75, 3.05) is 5.73 Å². The monoisotopic (exact) mass is 259 g/mol. The Bertz CT molecular complexity index is 571. The lowest BCUT2D eigenvalue weighted by molar-refractivity contribution is 0.333. The molecule has 1 aliphatic rings. The number of anilines is 1. The maximum atomic E-state index is 13.2. The predicted octanol–water partition coefficient (Wildman–Crippen LogP) is 3.78. The molecular formula is C15H18FN3. The third-order valence-corrected chi connectivity index (χ3v) is 3.81. The summed E-state index contributed by atoms with van der Waals surface area (Å²) in [5, 5.41) is 4.57. The van der Waals surface area contributed by atoms with Crippen LogP contribution in [0.4, 0.5) is 10.2 Å². The van der Waals surface area contributed by atoms with Crippen LogP contribution in [-0.4, -0.2) is 9.78 Å². The Hall–Kier alpha value is -1.84. The highest BCUT2D eigenvalue weighted by atomic mass is 19.1. The van der Waals surface area contributed by atoms with Crippen LogP contribution in [0, 0.1) is 5.82 Å². The Morgan fingerprint density at radius 3 is 2.68 bits per heavy atom. The second kappa shape index (κ2) is 5.03. The molecule has 3 rings (SSSR count). The van der Waals surface area contributed by atoms with Crippen molar-refractivity contribution in [2.24, 2.45) is 0 Å². The van der Waals surface area contributed by atoms with Gasteiger partial charge in [0.1, 0.15) is 11.6 Å². The van der Waals surface area contributed by atoms with E-state index >= 15 is 0 Å². The summed E-state index contributed by atoms with van der Waals surface area (Å²) in [5.74, 6) is 0.425. The van der Waals surface area contributed by atoms with E-state index < -0.39 is 0 Å². The number of halogens is 1. The van der Waals surface area contributed by atoms with Gasteiger partial charge in [0.05, 0.1) is 11.7 Å². The second-order valence-corrected chi connectivity index (χ2v) is 5.20. The van der Waals surface area contributed by atoms with E-state index in [0.717, 1.165) is 24.1 Å². The average Bonchev–Trinajstić information content (AvgIpc) is 2.82. The Morgan fingerprint density at radius 1 is 1.16 bits per heavy atom. The molecule has 1 aromatic heterocycles. The molecule has 0 aliphatic heterocycles. The summed E-state index contributed by atoms with van der Waals surface area (Å²) in [5.41, 5.74) is 7.59. The van der Waals surface area contributed by atoms with E-state index in [4.69, 9.17) is 5.73 Å².